The summed E-state index contributed by atoms with van der Waals surface area (Å²) in [6.45, 7) is 6.13. The number of fused-ring (bicyclic) bond motifs is 1. The Morgan fingerprint density at radius 3 is 2.46 bits per heavy atom. The molecule has 1 N–H and O–H groups in total. The van der Waals surface area contributed by atoms with Gasteiger partial charge in [-0.15, -0.1) is 0 Å². The minimum absolute atomic E-state index is 0.476. The number of anilines is 1. The van der Waals surface area contributed by atoms with Crippen molar-refractivity contribution >= 4 is 28.3 Å². The topological polar surface area (TPSA) is 57.3 Å². The first-order chi connectivity index (χ1) is 12.8. The van der Waals surface area contributed by atoms with E-state index in [0.717, 1.165) is 61.7 Å². The summed E-state index contributed by atoms with van der Waals surface area (Å²) < 4.78 is 5.31. The van der Waals surface area contributed by atoms with Crippen molar-refractivity contribution in [2.75, 3.05) is 44.3 Å². The van der Waals surface area contributed by atoms with Gasteiger partial charge in [-0.25, -0.2) is 9.97 Å². The summed E-state index contributed by atoms with van der Waals surface area (Å²) >= 11 is 6.14. The van der Waals surface area contributed by atoms with Crippen molar-refractivity contribution in [3.05, 3.63) is 41.8 Å². The van der Waals surface area contributed by atoms with E-state index in [4.69, 9.17) is 16.3 Å². The first-order valence-corrected chi connectivity index (χ1v) is 9.32. The second-order valence-electron chi connectivity index (χ2n) is 6.87. The Morgan fingerprint density at radius 1 is 1.04 bits per heavy atom. The van der Waals surface area contributed by atoms with Crippen LogP contribution in [-0.4, -0.2) is 65.3 Å². The van der Waals surface area contributed by atoms with Crippen LogP contribution in [0.3, 0.4) is 0 Å². The summed E-state index contributed by atoms with van der Waals surface area (Å²) in [5, 5.41) is 1.33. The third-order valence-electron chi connectivity index (χ3n) is 5.37. The zero-order valence-corrected chi connectivity index (χ0v) is 15.1. The summed E-state index contributed by atoms with van der Waals surface area (Å²) in [7, 11) is 0. The second-order valence-corrected chi connectivity index (χ2v) is 7.23. The van der Waals surface area contributed by atoms with Crippen molar-refractivity contribution in [3.63, 3.8) is 0 Å². The molecular formula is C19H20ClN5O. The number of benzene rings is 1. The van der Waals surface area contributed by atoms with Gasteiger partial charge in [0.1, 0.15) is 17.1 Å². The molecule has 0 bridgehead atoms. The summed E-state index contributed by atoms with van der Waals surface area (Å²) in [5.74, 6) is 0. The Labute approximate surface area is 156 Å². The van der Waals surface area contributed by atoms with Crippen molar-refractivity contribution in [3.8, 4) is 11.3 Å². The molecule has 2 saturated heterocycles. The maximum atomic E-state index is 6.14. The van der Waals surface area contributed by atoms with Crippen LogP contribution in [0.2, 0.25) is 5.15 Å². The van der Waals surface area contributed by atoms with Gasteiger partial charge in [0, 0.05) is 37.6 Å². The van der Waals surface area contributed by atoms with E-state index in [1.54, 1.807) is 0 Å². The van der Waals surface area contributed by atoms with Crippen molar-refractivity contribution in [2.45, 2.75) is 6.04 Å². The van der Waals surface area contributed by atoms with Crippen LogP contribution >= 0.6 is 11.6 Å². The molecular weight excluding hydrogens is 350 g/mol. The first-order valence-electron chi connectivity index (χ1n) is 8.94. The molecule has 5 rings (SSSR count). The van der Waals surface area contributed by atoms with E-state index in [1.165, 1.54) is 12.0 Å². The first kappa shape index (κ1) is 16.1. The zero-order valence-electron chi connectivity index (χ0n) is 14.4. The van der Waals surface area contributed by atoms with Gasteiger partial charge in [-0.2, -0.15) is 0 Å². The van der Waals surface area contributed by atoms with Gasteiger partial charge in [-0.1, -0.05) is 23.7 Å². The Kier molecular flexibility index (Phi) is 4.04. The van der Waals surface area contributed by atoms with Crippen molar-refractivity contribution in [1.82, 2.24) is 19.9 Å². The molecule has 1 aromatic carbocycles. The third kappa shape index (κ3) is 2.84. The quantitative estimate of drug-likeness (QED) is 0.719. The molecule has 26 heavy (non-hydrogen) atoms. The third-order valence-corrected chi connectivity index (χ3v) is 5.67. The number of hydrogen-bond donors (Lipinski definition) is 1. The SMILES string of the molecule is Clc1ncnc2[nH]c(-c3ccc(N4CCN(C5COC5)CC4)cc3)cc12. The van der Waals surface area contributed by atoms with Crippen LogP contribution in [0.1, 0.15) is 0 Å². The molecule has 2 aliphatic rings. The van der Waals surface area contributed by atoms with Gasteiger partial charge in [0.05, 0.1) is 24.6 Å². The van der Waals surface area contributed by atoms with Crippen LogP contribution in [0.15, 0.2) is 36.7 Å². The number of rotatable bonds is 3. The number of nitrogens with one attached hydrogen (secondary N) is 1. The predicted octanol–water partition coefficient (Wildman–Crippen LogP) is 2.80. The largest absolute Gasteiger partial charge is 0.378 e. The number of nitrogens with zero attached hydrogens (tertiary/aromatic N) is 4. The fourth-order valence-corrected chi connectivity index (χ4v) is 3.88. The molecule has 3 aromatic rings. The smallest absolute Gasteiger partial charge is 0.142 e. The molecule has 2 aliphatic heterocycles. The molecule has 6 nitrogen and oxygen atoms in total. The zero-order chi connectivity index (χ0) is 17.5. The van der Waals surface area contributed by atoms with E-state index in [2.05, 4.69) is 49.0 Å². The highest BCUT2D eigenvalue weighted by molar-refractivity contribution is 6.34. The molecule has 0 saturated carbocycles. The molecule has 0 spiro atoms. The maximum absolute atomic E-state index is 6.14. The van der Waals surface area contributed by atoms with Gasteiger partial charge in [-0.3, -0.25) is 4.90 Å². The highest BCUT2D eigenvalue weighted by atomic mass is 35.5. The standard InChI is InChI=1S/C19H20ClN5O/c20-18-16-9-17(23-19(16)22-12-21-18)13-1-3-14(4-2-13)24-5-7-25(8-6-24)15-10-26-11-15/h1-4,9,12,15H,5-8,10-11H2,(H,21,22,23). The van der Waals surface area contributed by atoms with Crippen LogP contribution < -0.4 is 4.90 Å². The number of H-pyrrole nitrogens is 1. The molecule has 134 valence electrons. The van der Waals surface area contributed by atoms with E-state index < -0.39 is 0 Å². The summed E-state index contributed by atoms with van der Waals surface area (Å²) in [6.07, 6.45) is 1.48. The van der Waals surface area contributed by atoms with E-state index in [1.807, 2.05) is 6.07 Å². The number of ether oxygens (including phenoxy) is 1. The number of hydrogen-bond acceptors (Lipinski definition) is 5. The van der Waals surface area contributed by atoms with Gasteiger partial charge < -0.3 is 14.6 Å². The van der Waals surface area contributed by atoms with Crippen LogP contribution in [0, 0.1) is 0 Å². The van der Waals surface area contributed by atoms with E-state index in [-0.39, 0.29) is 0 Å². The lowest BCUT2D eigenvalue weighted by atomic mass is 10.1. The van der Waals surface area contributed by atoms with Gasteiger partial charge >= 0.3 is 0 Å². The van der Waals surface area contributed by atoms with E-state index in [9.17, 15) is 0 Å². The molecule has 7 heteroatoms. The Hall–Kier alpha value is -2.15. The second kappa shape index (κ2) is 6.54. The summed E-state index contributed by atoms with van der Waals surface area (Å²) in [4.78, 5) is 16.6. The predicted molar refractivity (Wildman–Crippen MR) is 103 cm³/mol. The monoisotopic (exact) mass is 369 g/mol. The van der Waals surface area contributed by atoms with Crippen LogP contribution in [0.4, 0.5) is 5.69 Å². The Morgan fingerprint density at radius 2 is 1.81 bits per heavy atom. The molecule has 2 aromatic heterocycles. The molecule has 4 heterocycles. The minimum atomic E-state index is 0.476. The van der Waals surface area contributed by atoms with Crippen LogP contribution in [0.25, 0.3) is 22.3 Å². The Bertz CT molecular complexity index is 913. The summed E-state index contributed by atoms with van der Waals surface area (Å²) in [5.41, 5.74) is 4.16. The highest BCUT2D eigenvalue weighted by Gasteiger charge is 2.28. The molecule has 0 unspecified atom stereocenters. The maximum Gasteiger partial charge on any atom is 0.142 e. The average molecular weight is 370 g/mol. The number of aromatic amines is 1. The average Bonchev–Trinajstić information content (AvgIpc) is 3.07. The lowest BCUT2D eigenvalue weighted by Crippen LogP contribution is -2.56. The normalized spacial score (nSPS) is 19.0. The van der Waals surface area contributed by atoms with E-state index in [0.29, 0.717) is 11.2 Å². The van der Waals surface area contributed by atoms with E-state index >= 15 is 0 Å². The minimum Gasteiger partial charge on any atom is -0.378 e. The lowest BCUT2D eigenvalue weighted by molar-refractivity contribution is -0.0660. The number of piperazine rings is 1. The van der Waals surface area contributed by atoms with Crippen molar-refractivity contribution in [2.24, 2.45) is 0 Å². The lowest BCUT2D eigenvalue weighted by Gasteiger charge is -2.43. The fourth-order valence-electron chi connectivity index (χ4n) is 3.70. The molecule has 0 amide bonds. The van der Waals surface area contributed by atoms with Gasteiger partial charge in [0.25, 0.3) is 0 Å². The molecule has 2 fully saturated rings. The Balaban J connectivity index is 1.31. The highest BCUT2D eigenvalue weighted by Crippen LogP contribution is 2.28. The van der Waals surface area contributed by atoms with Crippen molar-refractivity contribution < 1.29 is 4.74 Å². The van der Waals surface area contributed by atoms with Crippen LogP contribution in [-0.2, 0) is 4.74 Å². The summed E-state index contributed by atoms with van der Waals surface area (Å²) in [6, 6.07) is 11.3. The number of aromatic nitrogens is 3. The van der Waals surface area contributed by atoms with Gasteiger partial charge in [0.15, 0.2) is 0 Å². The fraction of sp³-hybridized carbons (Fsp3) is 0.368. The van der Waals surface area contributed by atoms with Gasteiger partial charge in [0.2, 0.25) is 0 Å². The number of halogens is 1. The molecule has 0 atom stereocenters. The van der Waals surface area contributed by atoms with Crippen LogP contribution in [0.5, 0.6) is 0 Å². The molecule has 0 aliphatic carbocycles. The van der Waals surface area contributed by atoms with Gasteiger partial charge in [-0.05, 0) is 23.8 Å². The van der Waals surface area contributed by atoms with Crippen molar-refractivity contribution in [1.29, 1.82) is 0 Å². The molecule has 0 radical (unpaired) electrons.